The zero-order chi connectivity index (χ0) is 17.1. The fourth-order valence-corrected chi connectivity index (χ4v) is 4.38. The molecule has 0 saturated carbocycles. The standard InChI is InChI=1S/C18H23ClN2O2S/c1-3-4-7-20-8-10-21(11-9-20)18(22)17-16(23-2)14-12-13(19)5-6-15(14)24-17/h5-6,12H,3-4,7-11H2,1-2H3. The van der Waals surface area contributed by atoms with E-state index >= 15 is 0 Å². The highest BCUT2D eigenvalue weighted by Gasteiger charge is 2.27. The summed E-state index contributed by atoms with van der Waals surface area (Å²) in [6.07, 6.45) is 2.43. The summed E-state index contributed by atoms with van der Waals surface area (Å²) in [6, 6.07) is 5.66. The van der Waals surface area contributed by atoms with E-state index in [4.69, 9.17) is 16.3 Å². The van der Waals surface area contributed by atoms with Crippen LogP contribution in [0.4, 0.5) is 0 Å². The average molecular weight is 367 g/mol. The summed E-state index contributed by atoms with van der Waals surface area (Å²) in [5, 5.41) is 1.57. The average Bonchev–Trinajstić information content (AvgIpc) is 2.97. The Hall–Kier alpha value is -1.30. The number of carbonyl (C=O) groups is 1. The van der Waals surface area contributed by atoms with Gasteiger partial charge in [0.25, 0.3) is 5.91 Å². The van der Waals surface area contributed by atoms with Gasteiger partial charge in [0.1, 0.15) is 10.6 Å². The van der Waals surface area contributed by atoms with Crippen molar-refractivity contribution in [2.24, 2.45) is 0 Å². The number of halogens is 1. The van der Waals surface area contributed by atoms with Gasteiger partial charge in [-0.15, -0.1) is 11.3 Å². The minimum Gasteiger partial charge on any atom is -0.494 e. The number of benzene rings is 1. The Kier molecular flexibility index (Phi) is 5.64. The van der Waals surface area contributed by atoms with Crippen LogP contribution in [0.5, 0.6) is 5.75 Å². The molecule has 0 bridgehead atoms. The lowest BCUT2D eigenvalue weighted by Crippen LogP contribution is -2.48. The predicted molar refractivity (Wildman–Crippen MR) is 101 cm³/mol. The Labute approximate surface area is 151 Å². The Morgan fingerprint density at radius 1 is 1.29 bits per heavy atom. The first kappa shape index (κ1) is 17.5. The normalized spacial score (nSPS) is 15.9. The zero-order valence-corrected chi connectivity index (χ0v) is 15.8. The first-order valence-electron chi connectivity index (χ1n) is 8.41. The Morgan fingerprint density at radius 2 is 2.04 bits per heavy atom. The number of methoxy groups -OCH3 is 1. The molecule has 4 nitrogen and oxygen atoms in total. The smallest absolute Gasteiger partial charge is 0.267 e. The van der Waals surface area contributed by atoms with Crippen molar-refractivity contribution >= 4 is 38.9 Å². The quantitative estimate of drug-likeness (QED) is 0.797. The number of carbonyl (C=O) groups excluding carboxylic acids is 1. The third-order valence-corrected chi connectivity index (χ3v) is 5.87. The molecule has 6 heteroatoms. The number of hydrogen-bond acceptors (Lipinski definition) is 4. The summed E-state index contributed by atoms with van der Waals surface area (Å²) >= 11 is 7.58. The van der Waals surface area contributed by atoms with Crippen LogP contribution in [0.3, 0.4) is 0 Å². The molecule has 2 heterocycles. The van der Waals surface area contributed by atoms with E-state index in [1.54, 1.807) is 7.11 Å². The third kappa shape index (κ3) is 3.53. The summed E-state index contributed by atoms with van der Waals surface area (Å²) in [5.41, 5.74) is 0. The summed E-state index contributed by atoms with van der Waals surface area (Å²) in [4.78, 5) is 18.0. The molecule has 1 amide bonds. The van der Waals surface area contributed by atoms with Crippen LogP contribution in [0.15, 0.2) is 18.2 Å². The molecule has 3 rings (SSSR count). The van der Waals surface area contributed by atoms with Crippen molar-refractivity contribution in [3.05, 3.63) is 28.1 Å². The van der Waals surface area contributed by atoms with E-state index in [9.17, 15) is 4.79 Å². The maximum atomic E-state index is 13.0. The first-order chi connectivity index (χ1) is 11.6. The third-order valence-electron chi connectivity index (χ3n) is 4.49. The number of amides is 1. The number of rotatable bonds is 5. The molecular formula is C18H23ClN2O2S. The lowest BCUT2D eigenvalue weighted by atomic mass is 10.2. The second kappa shape index (κ2) is 7.72. The van der Waals surface area contributed by atoms with Crippen LogP contribution >= 0.6 is 22.9 Å². The van der Waals surface area contributed by atoms with Crippen molar-refractivity contribution in [2.45, 2.75) is 19.8 Å². The van der Waals surface area contributed by atoms with E-state index in [-0.39, 0.29) is 5.91 Å². The van der Waals surface area contributed by atoms with Crippen molar-refractivity contribution in [2.75, 3.05) is 39.8 Å². The Balaban J connectivity index is 1.77. The maximum Gasteiger partial charge on any atom is 0.267 e. The van der Waals surface area contributed by atoms with Crippen molar-refractivity contribution in [3.8, 4) is 5.75 Å². The number of fused-ring (bicyclic) bond motifs is 1. The SMILES string of the molecule is CCCCN1CCN(C(=O)c2sc3ccc(Cl)cc3c2OC)CC1. The number of ether oxygens (including phenoxy) is 1. The van der Waals surface area contributed by atoms with Gasteiger partial charge < -0.3 is 9.64 Å². The summed E-state index contributed by atoms with van der Waals surface area (Å²) in [5.74, 6) is 0.718. The van der Waals surface area contributed by atoms with Crippen LogP contribution in [0.1, 0.15) is 29.4 Å². The number of piperazine rings is 1. The Bertz CT molecular complexity index is 723. The monoisotopic (exact) mass is 366 g/mol. The highest BCUT2D eigenvalue weighted by Crippen LogP contribution is 2.39. The van der Waals surface area contributed by atoms with Gasteiger partial charge in [-0.1, -0.05) is 24.9 Å². The van der Waals surface area contributed by atoms with Crippen molar-refractivity contribution in [1.29, 1.82) is 0 Å². The highest BCUT2D eigenvalue weighted by atomic mass is 35.5. The molecule has 1 aliphatic rings. The number of nitrogens with zero attached hydrogens (tertiary/aromatic N) is 2. The lowest BCUT2D eigenvalue weighted by Gasteiger charge is -2.34. The van der Waals surface area contributed by atoms with Crippen LogP contribution in [0.2, 0.25) is 5.02 Å². The summed E-state index contributed by atoms with van der Waals surface area (Å²) in [6.45, 7) is 6.79. The molecule has 24 heavy (non-hydrogen) atoms. The zero-order valence-electron chi connectivity index (χ0n) is 14.2. The minimum atomic E-state index is 0.0688. The van der Waals surface area contributed by atoms with Gasteiger partial charge in [-0.2, -0.15) is 0 Å². The molecule has 1 aromatic carbocycles. The van der Waals surface area contributed by atoms with Gasteiger partial charge in [-0.3, -0.25) is 9.69 Å². The summed E-state index contributed by atoms with van der Waals surface area (Å²) in [7, 11) is 1.61. The molecule has 0 radical (unpaired) electrons. The van der Waals surface area contributed by atoms with Gasteiger partial charge in [0.2, 0.25) is 0 Å². The van der Waals surface area contributed by atoms with E-state index in [1.807, 2.05) is 23.1 Å². The molecule has 0 N–H and O–H groups in total. The van der Waals surface area contributed by atoms with E-state index < -0.39 is 0 Å². The van der Waals surface area contributed by atoms with Crippen LogP contribution in [0.25, 0.3) is 10.1 Å². The van der Waals surface area contributed by atoms with Crippen LogP contribution < -0.4 is 4.74 Å². The minimum absolute atomic E-state index is 0.0688. The van der Waals surface area contributed by atoms with E-state index in [2.05, 4.69) is 11.8 Å². The molecule has 1 aliphatic heterocycles. The molecule has 1 saturated heterocycles. The second-order valence-corrected chi connectivity index (χ2v) is 7.58. The largest absolute Gasteiger partial charge is 0.494 e. The van der Waals surface area contributed by atoms with Crippen LogP contribution in [-0.2, 0) is 0 Å². The van der Waals surface area contributed by atoms with Gasteiger partial charge in [-0.25, -0.2) is 0 Å². The van der Waals surface area contributed by atoms with Gasteiger partial charge in [-0.05, 0) is 31.2 Å². The molecule has 130 valence electrons. The molecule has 1 fully saturated rings. The molecule has 0 aliphatic carbocycles. The molecule has 0 spiro atoms. The van der Waals surface area contributed by atoms with Gasteiger partial charge in [0.05, 0.1) is 7.11 Å². The second-order valence-electron chi connectivity index (χ2n) is 6.09. The van der Waals surface area contributed by atoms with Crippen molar-refractivity contribution < 1.29 is 9.53 Å². The topological polar surface area (TPSA) is 32.8 Å². The lowest BCUT2D eigenvalue weighted by molar-refractivity contribution is 0.0638. The van der Waals surface area contributed by atoms with Crippen LogP contribution in [-0.4, -0.2) is 55.5 Å². The molecule has 0 unspecified atom stereocenters. The number of unbranched alkanes of at least 4 members (excludes halogenated alkanes) is 1. The highest BCUT2D eigenvalue weighted by molar-refractivity contribution is 7.21. The molecular weight excluding hydrogens is 344 g/mol. The van der Waals surface area contributed by atoms with Gasteiger partial charge >= 0.3 is 0 Å². The first-order valence-corrected chi connectivity index (χ1v) is 9.61. The van der Waals surface area contributed by atoms with Crippen LogP contribution in [0, 0.1) is 0 Å². The number of thiophene rings is 1. The maximum absolute atomic E-state index is 13.0. The van der Waals surface area contributed by atoms with Gasteiger partial charge in [0, 0.05) is 41.3 Å². The van der Waals surface area contributed by atoms with E-state index in [1.165, 1.54) is 24.2 Å². The Morgan fingerprint density at radius 3 is 2.71 bits per heavy atom. The summed E-state index contributed by atoms with van der Waals surface area (Å²) < 4.78 is 6.56. The predicted octanol–water partition coefficient (Wildman–Crippen LogP) is 4.12. The van der Waals surface area contributed by atoms with E-state index in [0.29, 0.717) is 15.6 Å². The fourth-order valence-electron chi connectivity index (χ4n) is 3.09. The number of hydrogen-bond donors (Lipinski definition) is 0. The van der Waals surface area contributed by atoms with E-state index in [0.717, 1.165) is 42.8 Å². The molecule has 2 aromatic rings. The molecule has 0 atom stereocenters. The van der Waals surface area contributed by atoms with Gasteiger partial charge in [0.15, 0.2) is 0 Å². The fraction of sp³-hybridized carbons (Fsp3) is 0.500. The van der Waals surface area contributed by atoms with Crippen molar-refractivity contribution in [1.82, 2.24) is 9.80 Å². The molecule has 1 aromatic heterocycles. The van der Waals surface area contributed by atoms with Crippen molar-refractivity contribution in [3.63, 3.8) is 0 Å².